The summed E-state index contributed by atoms with van der Waals surface area (Å²) in [7, 11) is 0. The minimum Gasteiger partial charge on any atom is -0.442 e. The molecule has 0 N–H and O–H groups in total. The Kier molecular flexibility index (Phi) is 11.1. The van der Waals surface area contributed by atoms with Crippen LogP contribution in [0.3, 0.4) is 0 Å². The van der Waals surface area contributed by atoms with E-state index in [2.05, 4.69) is 23.2 Å². The highest BCUT2D eigenvalue weighted by molar-refractivity contribution is 5.91. The number of hydrogen-bond acceptors (Lipinski definition) is 8. The molecule has 3 fully saturated rings. The van der Waals surface area contributed by atoms with E-state index in [9.17, 15) is 19.2 Å². The molecule has 0 radical (unpaired) electrons. The van der Waals surface area contributed by atoms with Crippen LogP contribution in [-0.2, 0) is 28.6 Å². The Morgan fingerprint density at radius 3 is 2.09 bits per heavy atom. The van der Waals surface area contributed by atoms with Crippen molar-refractivity contribution < 1.29 is 38.1 Å². The lowest BCUT2D eigenvalue weighted by Crippen LogP contribution is -2.39. The average Bonchev–Trinajstić information content (AvgIpc) is 3.05. The van der Waals surface area contributed by atoms with Crippen LogP contribution >= 0.6 is 0 Å². The second kappa shape index (κ2) is 14.9. The topological polar surface area (TPSA) is 105 Å². The van der Waals surface area contributed by atoms with Crippen molar-refractivity contribution >= 4 is 23.9 Å². The predicted octanol–water partition coefficient (Wildman–Crippen LogP) is 5.91. The fourth-order valence-electron chi connectivity index (χ4n) is 6.63. The smallest absolute Gasteiger partial charge is 0.339 e. The number of esters is 4. The van der Waals surface area contributed by atoms with Crippen LogP contribution in [-0.4, -0.2) is 36.3 Å². The van der Waals surface area contributed by atoms with Crippen LogP contribution in [0, 0.1) is 48.4 Å². The van der Waals surface area contributed by atoms with Crippen molar-refractivity contribution in [1.82, 2.24) is 0 Å². The lowest BCUT2D eigenvalue weighted by Gasteiger charge is -2.40. The van der Waals surface area contributed by atoms with E-state index in [1.165, 1.54) is 50.3 Å². The quantitative estimate of drug-likeness (QED) is 0.115. The monoisotopic (exact) mass is 588 g/mol. The van der Waals surface area contributed by atoms with Gasteiger partial charge in [-0.3, -0.25) is 9.59 Å². The molecule has 3 aliphatic rings. The minimum absolute atomic E-state index is 0.175. The fourth-order valence-corrected chi connectivity index (χ4v) is 6.63. The molecule has 228 valence electrons. The lowest BCUT2D eigenvalue weighted by atomic mass is 9.70. The molecule has 0 heterocycles. The number of benzene rings is 1. The Balaban J connectivity index is 1.28. The Bertz CT molecular complexity index is 1280. The standard InChI is InChI=1S/C35H40O8/c1-4-24-22-29(34(39)43-35(6-3)20-18-26(19-21-35)25-10-8-7-9-11-25)16-17-30(24)42-33(38)28-14-12-27(13-15-28)32(37)41-23-40-31(36)5-2/h1,3,5,16-17,22,25-28H,2,7-15,18-21,23H2. The van der Waals surface area contributed by atoms with Crippen molar-refractivity contribution in [2.45, 2.75) is 89.1 Å². The number of rotatable bonds is 9. The van der Waals surface area contributed by atoms with Crippen molar-refractivity contribution in [3.05, 3.63) is 42.0 Å². The molecule has 8 nitrogen and oxygen atoms in total. The van der Waals surface area contributed by atoms with E-state index in [0.29, 0.717) is 44.4 Å². The van der Waals surface area contributed by atoms with Gasteiger partial charge in [0.25, 0.3) is 0 Å². The van der Waals surface area contributed by atoms with Crippen LogP contribution in [0.2, 0.25) is 0 Å². The largest absolute Gasteiger partial charge is 0.442 e. The number of terminal acetylenes is 2. The molecule has 1 aromatic rings. The molecular weight excluding hydrogens is 548 g/mol. The summed E-state index contributed by atoms with van der Waals surface area (Å²) in [6.45, 7) is 2.79. The van der Waals surface area contributed by atoms with Gasteiger partial charge in [0.1, 0.15) is 5.75 Å². The van der Waals surface area contributed by atoms with Gasteiger partial charge in [-0.25, -0.2) is 9.59 Å². The molecule has 4 rings (SSSR count). The third-order valence-corrected chi connectivity index (χ3v) is 9.25. The fraction of sp³-hybridized carbons (Fsp3) is 0.543. The van der Waals surface area contributed by atoms with Crippen molar-refractivity contribution in [2.24, 2.45) is 23.7 Å². The third-order valence-electron chi connectivity index (χ3n) is 9.25. The van der Waals surface area contributed by atoms with Crippen molar-refractivity contribution in [3.8, 4) is 30.4 Å². The van der Waals surface area contributed by atoms with E-state index < -0.39 is 48.1 Å². The van der Waals surface area contributed by atoms with Crippen LogP contribution < -0.4 is 4.74 Å². The van der Waals surface area contributed by atoms with Gasteiger partial charge in [0.05, 0.1) is 23.0 Å². The summed E-state index contributed by atoms with van der Waals surface area (Å²) in [5.74, 6) is 3.84. The Morgan fingerprint density at radius 1 is 0.860 bits per heavy atom. The molecule has 0 bridgehead atoms. The first-order chi connectivity index (χ1) is 20.8. The first-order valence-electron chi connectivity index (χ1n) is 15.3. The molecule has 0 atom stereocenters. The van der Waals surface area contributed by atoms with Gasteiger partial charge >= 0.3 is 23.9 Å². The second-order valence-corrected chi connectivity index (χ2v) is 11.8. The number of carbonyl (C=O) groups is 4. The molecule has 3 aliphatic carbocycles. The molecule has 0 aromatic heterocycles. The maximum atomic E-state index is 13.1. The van der Waals surface area contributed by atoms with Gasteiger partial charge in [0.2, 0.25) is 6.79 Å². The van der Waals surface area contributed by atoms with Crippen molar-refractivity contribution in [2.75, 3.05) is 6.79 Å². The van der Waals surface area contributed by atoms with Crippen LogP contribution in [0.5, 0.6) is 5.75 Å². The molecular formula is C35H40O8. The molecule has 3 saturated carbocycles. The van der Waals surface area contributed by atoms with E-state index in [4.69, 9.17) is 27.1 Å². The summed E-state index contributed by atoms with van der Waals surface area (Å²) in [4.78, 5) is 49.4. The summed E-state index contributed by atoms with van der Waals surface area (Å²) in [6, 6.07) is 4.50. The van der Waals surface area contributed by atoms with Gasteiger partial charge < -0.3 is 18.9 Å². The van der Waals surface area contributed by atoms with E-state index in [1.807, 2.05) is 0 Å². The minimum atomic E-state index is -0.926. The maximum absolute atomic E-state index is 13.1. The highest BCUT2D eigenvalue weighted by Crippen LogP contribution is 2.43. The molecule has 1 aromatic carbocycles. The summed E-state index contributed by atoms with van der Waals surface area (Å²) >= 11 is 0. The third kappa shape index (κ3) is 8.29. The predicted molar refractivity (Wildman–Crippen MR) is 158 cm³/mol. The first kappa shape index (κ1) is 31.9. The Hall–Kier alpha value is -4.04. The van der Waals surface area contributed by atoms with Crippen LogP contribution in [0.1, 0.15) is 99.4 Å². The van der Waals surface area contributed by atoms with Gasteiger partial charge in [-0.2, -0.15) is 0 Å². The molecule has 0 spiro atoms. The van der Waals surface area contributed by atoms with Gasteiger partial charge in [0.15, 0.2) is 5.60 Å². The molecule has 8 heteroatoms. The number of carbonyl (C=O) groups excluding carboxylic acids is 4. The molecule has 0 unspecified atom stereocenters. The van der Waals surface area contributed by atoms with Crippen LogP contribution in [0.25, 0.3) is 0 Å². The maximum Gasteiger partial charge on any atom is 0.339 e. The first-order valence-corrected chi connectivity index (χ1v) is 15.3. The summed E-state index contributed by atoms with van der Waals surface area (Å²) in [5, 5.41) is 0. The highest BCUT2D eigenvalue weighted by Gasteiger charge is 2.40. The zero-order chi connectivity index (χ0) is 30.8. The summed E-state index contributed by atoms with van der Waals surface area (Å²) < 4.78 is 21.2. The summed E-state index contributed by atoms with van der Waals surface area (Å²) in [5.41, 5.74) is -0.426. The zero-order valence-electron chi connectivity index (χ0n) is 24.6. The van der Waals surface area contributed by atoms with E-state index in [1.54, 1.807) is 0 Å². The molecule has 43 heavy (non-hydrogen) atoms. The normalized spacial score (nSPS) is 25.7. The van der Waals surface area contributed by atoms with E-state index in [-0.39, 0.29) is 16.9 Å². The van der Waals surface area contributed by atoms with Crippen molar-refractivity contribution in [3.63, 3.8) is 0 Å². The Morgan fingerprint density at radius 2 is 1.49 bits per heavy atom. The van der Waals surface area contributed by atoms with Gasteiger partial charge in [-0.15, -0.1) is 12.8 Å². The highest BCUT2D eigenvalue weighted by atomic mass is 16.7. The number of hydrogen-bond donors (Lipinski definition) is 0. The van der Waals surface area contributed by atoms with Gasteiger partial charge in [0, 0.05) is 6.08 Å². The van der Waals surface area contributed by atoms with Gasteiger partial charge in [-0.05, 0) is 81.4 Å². The second-order valence-electron chi connectivity index (χ2n) is 11.8. The summed E-state index contributed by atoms with van der Waals surface area (Å²) in [6.07, 6.45) is 24.0. The number of ether oxygens (including phenoxy) is 4. The Labute approximate surface area is 253 Å². The molecule has 0 amide bonds. The van der Waals surface area contributed by atoms with E-state index in [0.717, 1.165) is 24.8 Å². The SMILES string of the molecule is C#Cc1cc(C(=O)OC2(C#C)CCC(C3CCCCC3)CC2)ccc1OC(=O)C1CCC(C(=O)OCOC(=O)C=C)CC1. The van der Waals surface area contributed by atoms with E-state index >= 15 is 0 Å². The average molecular weight is 589 g/mol. The molecule has 0 aliphatic heterocycles. The lowest BCUT2D eigenvalue weighted by molar-refractivity contribution is -0.169. The zero-order valence-corrected chi connectivity index (χ0v) is 24.6. The van der Waals surface area contributed by atoms with Crippen LogP contribution in [0.15, 0.2) is 30.9 Å². The molecule has 0 saturated heterocycles. The van der Waals surface area contributed by atoms with Gasteiger partial charge in [-0.1, -0.05) is 50.5 Å². The van der Waals surface area contributed by atoms with Crippen molar-refractivity contribution in [1.29, 1.82) is 0 Å². The van der Waals surface area contributed by atoms with Crippen LogP contribution in [0.4, 0.5) is 0 Å².